The van der Waals surface area contributed by atoms with Gasteiger partial charge in [-0.3, -0.25) is 14.4 Å². The molecule has 1 atom stereocenters. The van der Waals surface area contributed by atoms with Gasteiger partial charge in [0.25, 0.3) is 0 Å². The highest BCUT2D eigenvalue weighted by Gasteiger charge is 2.31. The van der Waals surface area contributed by atoms with E-state index in [0.717, 1.165) is 0 Å². The van der Waals surface area contributed by atoms with E-state index < -0.39 is 23.8 Å². The molecule has 0 saturated heterocycles. The number of carbonyl (C=O) groups excluding carboxylic acids is 4. The van der Waals surface area contributed by atoms with E-state index in [0.29, 0.717) is 25.9 Å². The SMILES string of the molecule is CCOC(=O)CCCC/C=C(\C(=O)OC)C(CC(=O)OC)C(=O)OC. The molecular formula is C17H26O8. The number of esters is 4. The van der Waals surface area contributed by atoms with Gasteiger partial charge in [-0.25, -0.2) is 4.79 Å². The Morgan fingerprint density at radius 3 is 2.12 bits per heavy atom. The van der Waals surface area contributed by atoms with Crippen LogP contribution in [0, 0.1) is 5.92 Å². The maximum absolute atomic E-state index is 12.0. The molecule has 8 heteroatoms. The minimum Gasteiger partial charge on any atom is -0.469 e. The van der Waals surface area contributed by atoms with Crippen LogP contribution < -0.4 is 0 Å². The number of hydrogen-bond acceptors (Lipinski definition) is 8. The van der Waals surface area contributed by atoms with Gasteiger partial charge in [0.1, 0.15) is 0 Å². The van der Waals surface area contributed by atoms with Gasteiger partial charge in [-0.05, 0) is 26.2 Å². The van der Waals surface area contributed by atoms with Crippen LogP contribution in [0.1, 0.15) is 39.0 Å². The van der Waals surface area contributed by atoms with Crippen molar-refractivity contribution in [1.29, 1.82) is 0 Å². The topological polar surface area (TPSA) is 105 Å². The quantitative estimate of drug-likeness (QED) is 0.237. The molecule has 8 nitrogen and oxygen atoms in total. The highest BCUT2D eigenvalue weighted by atomic mass is 16.5. The third-order valence-corrected chi connectivity index (χ3v) is 3.39. The Labute approximate surface area is 147 Å². The summed E-state index contributed by atoms with van der Waals surface area (Å²) in [7, 11) is 3.54. The van der Waals surface area contributed by atoms with Gasteiger partial charge in [-0.2, -0.15) is 0 Å². The fourth-order valence-corrected chi connectivity index (χ4v) is 2.10. The fraction of sp³-hybridized carbons (Fsp3) is 0.647. The first-order chi connectivity index (χ1) is 11.9. The molecule has 0 heterocycles. The Balaban J connectivity index is 4.98. The third kappa shape index (κ3) is 8.88. The first-order valence-corrected chi connectivity index (χ1v) is 7.99. The highest BCUT2D eigenvalue weighted by molar-refractivity contribution is 5.97. The molecule has 0 bridgehead atoms. The Hall–Kier alpha value is -2.38. The molecule has 0 aromatic rings. The average Bonchev–Trinajstić information content (AvgIpc) is 2.61. The minimum absolute atomic E-state index is 0.0379. The number of methoxy groups -OCH3 is 3. The lowest BCUT2D eigenvalue weighted by Crippen LogP contribution is -2.27. The van der Waals surface area contributed by atoms with Crippen molar-refractivity contribution in [1.82, 2.24) is 0 Å². The molecule has 0 aromatic heterocycles. The summed E-state index contributed by atoms with van der Waals surface area (Å²) in [4.78, 5) is 46.7. The van der Waals surface area contributed by atoms with Crippen LogP contribution in [0.25, 0.3) is 0 Å². The van der Waals surface area contributed by atoms with Crippen LogP contribution >= 0.6 is 0 Å². The predicted octanol–water partition coefficient (Wildman–Crippen LogP) is 1.56. The van der Waals surface area contributed by atoms with Crippen LogP contribution in [0.2, 0.25) is 0 Å². The Kier molecular flexibility index (Phi) is 11.7. The third-order valence-electron chi connectivity index (χ3n) is 3.39. The van der Waals surface area contributed by atoms with Crippen LogP contribution in [0.3, 0.4) is 0 Å². The average molecular weight is 358 g/mol. The Bertz CT molecular complexity index is 495. The van der Waals surface area contributed by atoms with Gasteiger partial charge in [-0.1, -0.05) is 6.08 Å². The van der Waals surface area contributed by atoms with E-state index in [-0.39, 0.29) is 24.4 Å². The summed E-state index contributed by atoms with van der Waals surface area (Å²) < 4.78 is 18.7. The van der Waals surface area contributed by atoms with E-state index in [4.69, 9.17) is 4.74 Å². The Morgan fingerprint density at radius 1 is 0.920 bits per heavy atom. The number of ether oxygens (including phenoxy) is 4. The summed E-state index contributed by atoms with van der Waals surface area (Å²) in [5.74, 6) is -3.47. The van der Waals surface area contributed by atoms with Crippen molar-refractivity contribution >= 4 is 23.9 Å². The molecule has 0 fully saturated rings. The lowest BCUT2D eigenvalue weighted by Gasteiger charge is -2.16. The summed E-state index contributed by atoms with van der Waals surface area (Å²) in [6, 6.07) is 0. The van der Waals surface area contributed by atoms with Gasteiger partial charge in [0.05, 0.1) is 40.3 Å². The zero-order valence-corrected chi connectivity index (χ0v) is 15.2. The van der Waals surface area contributed by atoms with E-state index in [1.165, 1.54) is 27.4 Å². The van der Waals surface area contributed by atoms with Crippen LogP contribution in [0.5, 0.6) is 0 Å². The summed E-state index contributed by atoms with van der Waals surface area (Å²) in [6.45, 7) is 2.07. The molecule has 0 aliphatic carbocycles. The monoisotopic (exact) mass is 358 g/mol. The summed E-state index contributed by atoms with van der Waals surface area (Å²) >= 11 is 0. The first-order valence-electron chi connectivity index (χ1n) is 7.99. The van der Waals surface area contributed by atoms with Gasteiger partial charge in [0.15, 0.2) is 0 Å². The highest BCUT2D eigenvalue weighted by Crippen LogP contribution is 2.21. The standard InChI is InChI=1S/C17H26O8/c1-5-25-14(18)10-8-6-7-9-12(16(20)23-3)13(17(21)24-4)11-15(19)22-2/h9,13H,5-8,10-11H2,1-4H3/b12-9-. The van der Waals surface area contributed by atoms with Gasteiger partial charge in [-0.15, -0.1) is 0 Å². The molecule has 142 valence electrons. The smallest absolute Gasteiger partial charge is 0.334 e. The second kappa shape index (κ2) is 13.0. The van der Waals surface area contributed by atoms with Crippen LogP contribution in [-0.2, 0) is 38.1 Å². The number of allylic oxidation sites excluding steroid dienone is 1. The van der Waals surface area contributed by atoms with Crippen molar-refractivity contribution in [3.8, 4) is 0 Å². The summed E-state index contributed by atoms with van der Waals surface area (Å²) in [6.07, 6.45) is 3.08. The second-order valence-electron chi connectivity index (χ2n) is 5.06. The zero-order chi connectivity index (χ0) is 19.2. The summed E-state index contributed by atoms with van der Waals surface area (Å²) in [5, 5.41) is 0. The minimum atomic E-state index is -1.10. The molecule has 0 radical (unpaired) electrons. The van der Waals surface area contributed by atoms with Crippen LogP contribution in [0.15, 0.2) is 11.6 Å². The molecule has 0 N–H and O–H groups in total. The molecule has 0 aliphatic rings. The van der Waals surface area contributed by atoms with Crippen LogP contribution in [0.4, 0.5) is 0 Å². The van der Waals surface area contributed by atoms with E-state index in [1.807, 2.05) is 0 Å². The molecular weight excluding hydrogens is 332 g/mol. The van der Waals surface area contributed by atoms with Crippen molar-refractivity contribution in [3.63, 3.8) is 0 Å². The van der Waals surface area contributed by atoms with Crippen molar-refractivity contribution in [2.24, 2.45) is 5.92 Å². The van der Waals surface area contributed by atoms with E-state index in [1.54, 1.807) is 6.92 Å². The number of rotatable bonds is 11. The normalized spacial score (nSPS) is 12.1. The summed E-state index contributed by atoms with van der Waals surface area (Å²) in [5.41, 5.74) is 0.0379. The molecule has 0 aromatic carbocycles. The number of carbonyl (C=O) groups is 4. The molecule has 0 aliphatic heterocycles. The fourth-order valence-electron chi connectivity index (χ4n) is 2.10. The Morgan fingerprint density at radius 2 is 1.60 bits per heavy atom. The predicted molar refractivity (Wildman–Crippen MR) is 87.3 cm³/mol. The van der Waals surface area contributed by atoms with Crippen molar-refractivity contribution in [3.05, 3.63) is 11.6 Å². The maximum atomic E-state index is 12.0. The maximum Gasteiger partial charge on any atom is 0.334 e. The molecule has 0 rings (SSSR count). The number of unbranched alkanes of at least 4 members (excludes halogenated alkanes) is 2. The second-order valence-corrected chi connectivity index (χ2v) is 5.06. The molecule has 1 unspecified atom stereocenters. The van der Waals surface area contributed by atoms with Crippen LogP contribution in [-0.4, -0.2) is 51.8 Å². The van der Waals surface area contributed by atoms with Crippen molar-refractivity contribution in [2.45, 2.75) is 39.0 Å². The van der Waals surface area contributed by atoms with Gasteiger partial charge in [0, 0.05) is 12.0 Å². The van der Waals surface area contributed by atoms with Crippen molar-refractivity contribution < 1.29 is 38.1 Å². The lowest BCUT2D eigenvalue weighted by atomic mass is 9.94. The molecule has 0 spiro atoms. The van der Waals surface area contributed by atoms with Crippen molar-refractivity contribution in [2.75, 3.05) is 27.9 Å². The molecule has 0 amide bonds. The van der Waals surface area contributed by atoms with Gasteiger partial charge < -0.3 is 18.9 Å². The molecule has 0 saturated carbocycles. The molecule has 25 heavy (non-hydrogen) atoms. The number of hydrogen-bond donors (Lipinski definition) is 0. The van der Waals surface area contributed by atoms with E-state index >= 15 is 0 Å². The van der Waals surface area contributed by atoms with E-state index in [9.17, 15) is 19.2 Å². The zero-order valence-electron chi connectivity index (χ0n) is 15.2. The van der Waals surface area contributed by atoms with Gasteiger partial charge >= 0.3 is 23.9 Å². The lowest BCUT2D eigenvalue weighted by molar-refractivity contribution is -0.152. The first kappa shape index (κ1) is 22.6. The van der Waals surface area contributed by atoms with E-state index in [2.05, 4.69) is 14.2 Å². The largest absolute Gasteiger partial charge is 0.469 e. The van der Waals surface area contributed by atoms with Gasteiger partial charge in [0.2, 0.25) is 0 Å².